The quantitative estimate of drug-likeness (QED) is 0.461. The van der Waals surface area contributed by atoms with Crippen molar-refractivity contribution in [1.29, 1.82) is 0 Å². The van der Waals surface area contributed by atoms with Crippen LogP contribution in [0.2, 0.25) is 5.02 Å². The van der Waals surface area contributed by atoms with Crippen molar-refractivity contribution in [2.75, 3.05) is 12.8 Å². The lowest BCUT2D eigenvalue weighted by molar-refractivity contribution is 0.103. The van der Waals surface area contributed by atoms with Crippen LogP contribution in [0.15, 0.2) is 48.5 Å². The summed E-state index contributed by atoms with van der Waals surface area (Å²) in [6.07, 6.45) is 0. The molecule has 0 saturated heterocycles. The van der Waals surface area contributed by atoms with Crippen molar-refractivity contribution in [1.82, 2.24) is 4.57 Å². The van der Waals surface area contributed by atoms with Gasteiger partial charge in [0.1, 0.15) is 11.6 Å². The fourth-order valence-corrected chi connectivity index (χ4v) is 3.17. The van der Waals surface area contributed by atoms with Crippen molar-refractivity contribution in [2.24, 2.45) is 0 Å². The van der Waals surface area contributed by atoms with Crippen LogP contribution < -0.4 is 10.5 Å². The van der Waals surface area contributed by atoms with E-state index in [4.69, 9.17) is 22.1 Å². The first-order valence-electron chi connectivity index (χ1n) is 10.3. The van der Waals surface area contributed by atoms with Crippen LogP contribution in [0.5, 0.6) is 5.75 Å². The monoisotopic (exact) mass is 428 g/mol. The summed E-state index contributed by atoms with van der Waals surface area (Å²) in [5.74, 6) is 1.20. The molecule has 0 aliphatic carbocycles. The molecule has 1 heterocycles. The molecule has 4 nitrogen and oxygen atoms in total. The molecule has 0 bridgehead atoms. The van der Waals surface area contributed by atoms with E-state index in [9.17, 15) is 4.79 Å². The van der Waals surface area contributed by atoms with Gasteiger partial charge in [0, 0.05) is 22.8 Å². The number of hydrogen-bond acceptors (Lipinski definition) is 3. The van der Waals surface area contributed by atoms with Crippen LogP contribution in [-0.4, -0.2) is 17.5 Å². The molecule has 0 aliphatic rings. The predicted molar refractivity (Wildman–Crippen MR) is 128 cm³/mol. The highest BCUT2D eigenvalue weighted by Gasteiger charge is 2.22. The summed E-state index contributed by atoms with van der Waals surface area (Å²) >= 11 is 5.92. The number of benzene rings is 2. The minimum absolute atomic E-state index is 0.0896. The Morgan fingerprint density at radius 1 is 0.967 bits per heavy atom. The second-order valence-electron chi connectivity index (χ2n) is 6.24. The lowest BCUT2D eigenvalue weighted by atomic mass is 10.0. The van der Waals surface area contributed by atoms with Crippen molar-refractivity contribution in [3.63, 3.8) is 0 Å². The average Bonchev–Trinajstić information content (AvgIpc) is 3.00. The molecule has 5 heteroatoms. The highest BCUT2D eigenvalue weighted by atomic mass is 35.5. The van der Waals surface area contributed by atoms with Gasteiger partial charge in [-0.1, -0.05) is 51.4 Å². The average molecular weight is 429 g/mol. The SMILES string of the molecule is CC.CC.COc1ccc(Cn2c(C)c(C)c(C(=O)c3ccc(Cl)cc3)c2N)cc1. The predicted octanol–water partition coefficient (Wildman–Crippen LogP) is 6.68. The Hall–Kier alpha value is -2.72. The largest absolute Gasteiger partial charge is 0.497 e. The molecule has 2 N–H and O–H groups in total. The first kappa shape index (κ1) is 25.3. The van der Waals surface area contributed by atoms with Crippen LogP contribution in [0, 0.1) is 13.8 Å². The number of carbonyl (C=O) groups is 1. The van der Waals surface area contributed by atoms with Crippen molar-refractivity contribution >= 4 is 23.2 Å². The van der Waals surface area contributed by atoms with Gasteiger partial charge in [-0.15, -0.1) is 0 Å². The van der Waals surface area contributed by atoms with E-state index in [0.717, 1.165) is 22.6 Å². The molecule has 0 aliphatic heterocycles. The number of nitrogen functional groups attached to an aromatic ring is 1. The summed E-state index contributed by atoms with van der Waals surface area (Å²) in [5.41, 5.74) is 10.5. The number of hydrogen-bond donors (Lipinski definition) is 1. The zero-order valence-corrected chi connectivity index (χ0v) is 19.8. The Balaban J connectivity index is 0.00000106. The third-order valence-corrected chi connectivity index (χ3v) is 4.95. The standard InChI is InChI=1S/C21H21ClN2O2.2C2H6/c1-13-14(2)24(12-15-4-10-18(26-3)11-5-15)21(23)19(13)20(25)16-6-8-17(22)9-7-16;2*1-2/h4-11H,12,23H2,1-3H3;2*1-2H3. The number of nitrogens with zero attached hydrogens (tertiary/aromatic N) is 1. The number of anilines is 1. The fraction of sp³-hybridized carbons (Fsp3) is 0.320. The van der Waals surface area contributed by atoms with E-state index in [1.807, 2.05) is 70.4 Å². The van der Waals surface area contributed by atoms with Gasteiger partial charge in [-0.2, -0.15) is 0 Å². The Labute approximate surface area is 185 Å². The lowest BCUT2D eigenvalue weighted by Crippen LogP contribution is -2.09. The third-order valence-electron chi connectivity index (χ3n) is 4.70. The van der Waals surface area contributed by atoms with E-state index in [2.05, 4.69) is 0 Å². The number of halogens is 1. The van der Waals surface area contributed by atoms with Gasteiger partial charge in [-0.3, -0.25) is 4.79 Å². The highest BCUT2D eigenvalue weighted by molar-refractivity contribution is 6.30. The van der Waals surface area contributed by atoms with Crippen LogP contribution >= 0.6 is 11.6 Å². The summed E-state index contributed by atoms with van der Waals surface area (Å²) in [4.78, 5) is 12.9. The molecule has 2 aromatic carbocycles. The Morgan fingerprint density at radius 3 is 2.00 bits per heavy atom. The van der Waals surface area contributed by atoms with Gasteiger partial charge in [0.05, 0.1) is 12.7 Å². The maximum Gasteiger partial charge on any atom is 0.196 e. The van der Waals surface area contributed by atoms with Gasteiger partial charge in [0.15, 0.2) is 5.78 Å². The zero-order chi connectivity index (χ0) is 22.8. The summed E-state index contributed by atoms with van der Waals surface area (Å²) in [7, 11) is 1.64. The smallest absolute Gasteiger partial charge is 0.196 e. The van der Waals surface area contributed by atoms with Gasteiger partial charge < -0.3 is 15.0 Å². The molecule has 0 unspecified atom stereocenters. The van der Waals surface area contributed by atoms with E-state index < -0.39 is 0 Å². The van der Waals surface area contributed by atoms with Gasteiger partial charge in [0.2, 0.25) is 0 Å². The molecule has 3 aromatic rings. The molecule has 30 heavy (non-hydrogen) atoms. The number of carbonyl (C=O) groups excluding carboxylic acids is 1. The molecule has 1 aromatic heterocycles. The minimum Gasteiger partial charge on any atom is -0.497 e. The van der Waals surface area contributed by atoms with Crippen molar-refractivity contribution < 1.29 is 9.53 Å². The van der Waals surface area contributed by atoms with E-state index in [1.54, 1.807) is 31.4 Å². The number of methoxy groups -OCH3 is 1. The van der Waals surface area contributed by atoms with E-state index in [-0.39, 0.29) is 5.78 Å². The normalized spacial score (nSPS) is 9.73. The second-order valence-corrected chi connectivity index (χ2v) is 6.68. The van der Waals surface area contributed by atoms with Gasteiger partial charge in [0.25, 0.3) is 0 Å². The van der Waals surface area contributed by atoms with Crippen LogP contribution in [0.4, 0.5) is 5.82 Å². The van der Waals surface area contributed by atoms with Crippen LogP contribution in [0.3, 0.4) is 0 Å². The highest BCUT2D eigenvalue weighted by Crippen LogP contribution is 2.28. The van der Waals surface area contributed by atoms with Crippen LogP contribution in [-0.2, 0) is 6.54 Å². The number of ether oxygens (including phenoxy) is 1. The molecule has 0 fully saturated rings. The first-order valence-corrected chi connectivity index (χ1v) is 10.7. The number of ketones is 1. The molecule has 0 radical (unpaired) electrons. The molecular formula is C25H33ClN2O2. The van der Waals surface area contributed by atoms with Crippen molar-refractivity contribution in [3.8, 4) is 5.75 Å². The number of nitrogens with two attached hydrogens (primary N) is 1. The molecule has 3 rings (SSSR count). The summed E-state index contributed by atoms with van der Waals surface area (Å²) in [5, 5.41) is 0.597. The Bertz CT molecular complexity index is 943. The lowest BCUT2D eigenvalue weighted by Gasteiger charge is -2.10. The van der Waals surface area contributed by atoms with Gasteiger partial charge >= 0.3 is 0 Å². The first-order chi connectivity index (χ1) is 14.4. The van der Waals surface area contributed by atoms with Gasteiger partial charge in [-0.05, 0) is 61.4 Å². The third kappa shape index (κ3) is 5.67. The van der Waals surface area contributed by atoms with Crippen molar-refractivity contribution in [2.45, 2.75) is 48.1 Å². The molecule has 0 amide bonds. The second kappa shape index (κ2) is 12.1. The summed E-state index contributed by atoms with van der Waals surface area (Å²) in [6, 6.07) is 14.7. The minimum atomic E-state index is -0.0896. The molecule has 162 valence electrons. The topological polar surface area (TPSA) is 57.2 Å². The fourth-order valence-electron chi connectivity index (χ4n) is 3.04. The summed E-state index contributed by atoms with van der Waals surface area (Å²) in [6.45, 7) is 12.5. The van der Waals surface area contributed by atoms with E-state index in [1.165, 1.54) is 0 Å². The van der Waals surface area contributed by atoms with E-state index in [0.29, 0.717) is 28.5 Å². The number of aromatic nitrogens is 1. The Morgan fingerprint density at radius 2 is 1.50 bits per heavy atom. The molecule has 0 spiro atoms. The number of rotatable bonds is 5. The van der Waals surface area contributed by atoms with E-state index >= 15 is 0 Å². The van der Waals surface area contributed by atoms with Gasteiger partial charge in [-0.25, -0.2) is 0 Å². The maximum atomic E-state index is 12.9. The van der Waals surface area contributed by atoms with Crippen LogP contribution in [0.1, 0.15) is 60.4 Å². The molecular weight excluding hydrogens is 396 g/mol. The Kier molecular flexibility index (Phi) is 10.2. The summed E-state index contributed by atoms with van der Waals surface area (Å²) < 4.78 is 7.17. The van der Waals surface area contributed by atoms with Crippen LogP contribution in [0.25, 0.3) is 0 Å². The van der Waals surface area contributed by atoms with Crippen molar-refractivity contribution in [3.05, 3.63) is 81.5 Å². The maximum absolute atomic E-state index is 12.9. The molecule has 0 saturated carbocycles. The zero-order valence-electron chi connectivity index (χ0n) is 19.0. The molecule has 0 atom stereocenters.